The van der Waals surface area contributed by atoms with Gasteiger partial charge in [0.1, 0.15) is 11.6 Å². The maximum atomic E-state index is 15.0. The Hall–Kier alpha value is -3.70. The van der Waals surface area contributed by atoms with E-state index < -0.39 is 0 Å². The lowest BCUT2D eigenvalue weighted by Gasteiger charge is -2.13. The van der Waals surface area contributed by atoms with Crippen LogP contribution in [0, 0.1) is 11.6 Å². The van der Waals surface area contributed by atoms with Gasteiger partial charge in [0.05, 0.1) is 10.0 Å². The molecule has 2 nitrogen and oxygen atoms in total. The van der Waals surface area contributed by atoms with Crippen LogP contribution in [0.25, 0.3) is 75.4 Å². The molecule has 8 aromatic rings. The van der Waals surface area contributed by atoms with Gasteiger partial charge < -0.3 is 10.6 Å². The van der Waals surface area contributed by atoms with E-state index in [1.54, 1.807) is 11.3 Å². The summed E-state index contributed by atoms with van der Waals surface area (Å²) in [6.07, 6.45) is 0. The van der Waals surface area contributed by atoms with Crippen molar-refractivity contribution in [2.75, 3.05) is 24.7 Å². The molecule has 7 aromatic carbocycles. The summed E-state index contributed by atoms with van der Waals surface area (Å²) in [4.78, 5) is 0. The number of benzene rings is 5. The lowest BCUT2D eigenvalue weighted by Crippen LogP contribution is -1.86. The van der Waals surface area contributed by atoms with Gasteiger partial charge in [-0.1, -0.05) is 24.3 Å². The summed E-state index contributed by atoms with van der Waals surface area (Å²) in [7, 11) is 3.92. The van der Waals surface area contributed by atoms with Gasteiger partial charge in [-0.2, -0.15) is 0 Å². The standard InChI is InChI=1S/C28H16F2N2S/c1-31-27-25-14-6-4-11-9-15-21-13(23-17(29)7-8-18(30)24(15)23)5-3-12-10-16(22(14)20(11)19(12)21)26(25)28(32-2)33-27/h3-10,31-32H,1-2H3. The number of anilines is 2. The van der Waals surface area contributed by atoms with Crippen molar-refractivity contribution in [1.82, 2.24) is 0 Å². The Bertz CT molecular complexity index is 2070. The predicted molar refractivity (Wildman–Crippen MR) is 139 cm³/mol. The van der Waals surface area contributed by atoms with Crippen molar-refractivity contribution in [3.63, 3.8) is 0 Å². The van der Waals surface area contributed by atoms with E-state index in [2.05, 4.69) is 34.9 Å². The van der Waals surface area contributed by atoms with E-state index >= 15 is 4.39 Å². The summed E-state index contributed by atoms with van der Waals surface area (Å²) < 4.78 is 30.0. The highest BCUT2D eigenvalue weighted by molar-refractivity contribution is 7.22. The van der Waals surface area contributed by atoms with Crippen LogP contribution in [-0.4, -0.2) is 14.1 Å². The molecule has 0 aliphatic heterocycles. The minimum Gasteiger partial charge on any atom is -0.379 e. The van der Waals surface area contributed by atoms with Crippen molar-refractivity contribution in [3.05, 3.63) is 60.2 Å². The third-order valence-electron chi connectivity index (χ3n) is 7.41. The average molecular weight is 451 g/mol. The van der Waals surface area contributed by atoms with Crippen LogP contribution >= 0.6 is 11.3 Å². The van der Waals surface area contributed by atoms with Gasteiger partial charge in [0.2, 0.25) is 0 Å². The second kappa shape index (κ2) is 5.61. The number of hydrogen-bond acceptors (Lipinski definition) is 3. The topological polar surface area (TPSA) is 24.1 Å². The molecule has 8 rings (SSSR count). The van der Waals surface area contributed by atoms with Crippen molar-refractivity contribution in [3.8, 4) is 0 Å². The Morgan fingerprint density at radius 3 is 1.52 bits per heavy atom. The van der Waals surface area contributed by atoms with Gasteiger partial charge in [-0.25, -0.2) is 8.78 Å². The van der Waals surface area contributed by atoms with Gasteiger partial charge in [0, 0.05) is 35.6 Å². The predicted octanol–water partition coefficient (Wildman–Crippen LogP) is 8.50. The fourth-order valence-electron chi connectivity index (χ4n) is 6.22. The second-order valence-corrected chi connectivity index (χ2v) is 9.83. The van der Waals surface area contributed by atoms with Crippen molar-refractivity contribution >= 4 is 96.7 Å². The molecule has 33 heavy (non-hydrogen) atoms. The van der Waals surface area contributed by atoms with Crippen LogP contribution in [-0.2, 0) is 0 Å². The van der Waals surface area contributed by atoms with Gasteiger partial charge in [-0.15, -0.1) is 11.3 Å². The van der Waals surface area contributed by atoms with Crippen LogP contribution in [0.3, 0.4) is 0 Å². The molecule has 0 saturated heterocycles. The van der Waals surface area contributed by atoms with E-state index in [0.717, 1.165) is 42.3 Å². The first-order valence-corrected chi connectivity index (χ1v) is 11.7. The van der Waals surface area contributed by atoms with Crippen LogP contribution < -0.4 is 10.6 Å². The first kappa shape index (κ1) is 17.8. The van der Waals surface area contributed by atoms with Crippen LogP contribution in [0.2, 0.25) is 0 Å². The molecule has 0 unspecified atom stereocenters. The van der Waals surface area contributed by atoms with Crippen molar-refractivity contribution in [2.45, 2.75) is 0 Å². The van der Waals surface area contributed by atoms with Gasteiger partial charge in [0.15, 0.2) is 0 Å². The molecule has 0 bridgehead atoms. The summed E-state index contributed by atoms with van der Waals surface area (Å²) in [5.74, 6) is -0.753. The molecule has 0 aliphatic rings. The number of rotatable bonds is 2. The molecule has 2 N–H and O–H groups in total. The molecule has 0 amide bonds. The summed E-state index contributed by atoms with van der Waals surface area (Å²) in [5.41, 5.74) is 0. The van der Waals surface area contributed by atoms with Crippen LogP contribution in [0.1, 0.15) is 0 Å². The van der Waals surface area contributed by atoms with E-state index in [-0.39, 0.29) is 11.6 Å². The average Bonchev–Trinajstić information content (AvgIpc) is 3.48. The molecule has 0 spiro atoms. The van der Waals surface area contributed by atoms with Crippen LogP contribution in [0.15, 0.2) is 48.5 Å². The Balaban J connectivity index is 1.75. The van der Waals surface area contributed by atoms with Crippen molar-refractivity contribution < 1.29 is 8.78 Å². The van der Waals surface area contributed by atoms with E-state index in [4.69, 9.17) is 0 Å². The van der Waals surface area contributed by atoms with E-state index in [1.807, 2.05) is 26.2 Å². The highest BCUT2D eigenvalue weighted by Gasteiger charge is 2.26. The Morgan fingerprint density at radius 2 is 0.970 bits per heavy atom. The molecule has 158 valence electrons. The van der Waals surface area contributed by atoms with Crippen molar-refractivity contribution in [2.24, 2.45) is 0 Å². The zero-order valence-corrected chi connectivity index (χ0v) is 18.6. The third-order valence-corrected chi connectivity index (χ3v) is 8.63. The van der Waals surface area contributed by atoms with Gasteiger partial charge in [0.25, 0.3) is 0 Å². The largest absolute Gasteiger partial charge is 0.379 e. The van der Waals surface area contributed by atoms with Crippen molar-refractivity contribution in [1.29, 1.82) is 0 Å². The van der Waals surface area contributed by atoms with Gasteiger partial charge >= 0.3 is 0 Å². The first-order valence-electron chi connectivity index (χ1n) is 10.9. The van der Waals surface area contributed by atoms with Crippen LogP contribution in [0.4, 0.5) is 18.8 Å². The maximum absolute atomic E-state index is 15.0. The lowest BCUT2D eigenvalue weighted by atomic mass is 9.90. The zero-order valence-electron chi connectivity index (χ0n) is 17.8. The van der Waals surface area contributed by atoms with E-state index in [9.17, 15) is 4.39 Å². The molecule has 5 heteroatoms. The molecule has 0 fully saturated rings. The SMILES string of the molecule is CNc1sc(NC)c2c3cc4ccc5c6c(F)ccc(F)c6c6cc7ccc(c12)c3c7c4c56. The molecular formula is C28H16F2N2S. The molecule has 1 heterocycles. The Kier molecular flexibility index (Phi) is 3.03. The molecule has 0 radical (unpaired) electrons. The smallest absolute Gasteiger partial charge is 0.131 e. The summed E-state index contributed by atoms with van der Waals surface area (Å²) in [5, 5.41) is 22.9. The Labute approximate surface area is 190 Å². The summed E-state index contributed by atoms with van der Waals surface area (Å²) >= 11 is 1.73. The van der Waals surface area contributed by atoms with E-state index in [0.29, 0.717) is 10.8 Å². The normalized spacial score (nSPS) is 12.8. The Morgan fingerprint density at radius 1 is 0.515 bits per heavy atom. The van der Waals surface area contributed by atoms with Gasteiger partial charge in [-0.05, 0) is 78.1 Å². The maximum Gasteiger partial charge on any atom is 0.131 e. The molecule has 0 aliphatic carbocycles. The van der Waals surface area contributed by atoms with E-state index in [1.165, 1.54) is 44.5 Å². The molecule has 0 saturated carbocycles. The fraction of sp³-hybridized carbons (Fsp3) is 0.0714. The lowest BCUT2D eigenvalue weighted by molar-refractivity contribution is 0.619. The van der Waals surface area contributed by atoms with Crippen LogP contribution in [0.5, 0.6) is 0 Å². The molecule has 1 aromatic heterocycles. The summed E-state index contributed by atoms with van der Waals surface area (Å²) in [6.45, 7) is 0. The highest BCUT2D eigenvalue weighted by Crippen LogP contribution is 2.54. The minimum absolute atomic E-state index is 0.376. The fourth-order valence-corrected chi connectivity index (χ4v) is 7.25. The number of thiophene rings is 1. The third kappa shape index (κ3) is 1.83. The first-order chi connectivity index (χ1) is 16.1. The quantitative estimate of drug-likeness (QED) is 0.258. The zero-order chi connectivity index (χ0) is 22.2. The number of fused-ring (bicyclic) bond motifs is 6. The number of nitrogens with one attached hydrogen (secondary N) is 2. The molecular weight excluding hydrogens is 434 g/mol. The molecule has 0 atom stereocenters. The van der Waals surface area contributed by atoms with Gasteiger partial charge in [-0.3, -0.25) is 0 Å². The number of hydrogen-bond donors (Lipinski definition) is 2. The minimum atomic E-state index is -0.376. The second-order valence-electron chi connectivity index (χ2n) is 8.81. The monoisotopic (exact) mass is 450 g/mol. The highest BCUT2D eigenvalue weighted by atomic mass is 32.1. The number of halogens is 2. The summed E-state index contributed by atoms with van der Waals surface area (Å²) in [6, 6.07) is 15.1.